The van der Waals surface area contributed by atoms with Crippen LogP contribution in [0, 0.1) is 6.92 Å². The highest BCUT2D eigenvalue weighted by molar-refractivity contribution is 7.22. The van der Waals surface area contributed by atoms with Gasteiger partial charge in [0, 0.05) is 5.56 Å². The molecular weight excluding hydrogens is 476 g/mol. The van der Waals surface area contributed by atoms with E-state index in [2.05, 4.69) is 4.98 Å². The van der Waals surface area contributed by atoms with Crippen LogP contribution in [0.25, 0.3) is 16.0 Å². The molecule has 1 aliphatic heterocycles. The third-order valence-electron chi connectivity index (χ3n) is 6.04. The van der Waals surface area contributed by atoms with Crippen LogP contribution < -0.4 is 14.4 Å². The zero-order chi connectivity index (χ0) is 25.4. The number of Topliss-reactive ketones (excluding diaryl/α,β-unsaturated/α-hetero) is 1. The summed E-state index contributed by atoms with van der Waals surface area (Å²) in [4.78, 5) is 32.8. The van der Waals surface area contributed by atoms with Gasteiger partial charge in [-0.3, -0.25) is 14.5 Å². The predicted octanol–water partition coefficient (Wildman–Crippen LogP) is 5.64. The Bertz CT molecular complexity index is 1510. The number of fused-ring (bicyclic) bond motifs is 1. The molecule has 1 aromatic heterocycles. The maximum absolute atomic E-state index is 13.4. The van der Waals surface area contributed by atoms with Crippen molar-refractivity contribution in [2.24, 2.45) is 0 Å². The molecule has 0 bridgehead atoms. The van der Waals surface area contributed by atoms with Gasteiger partial charge in [0.2, 0.25) is 0 Å². The number of aryl methyl sites for hydroxylation is 1. The molecule has 0 radical (unpaired) electrons. The Morgan fingerprint density at radius 1 is 1.06 bits per heavy atom. The molecule has 182 valence electrons. The molecule has 1 saturated heterocycles. The van der Waals surface area contributed by atoms with Crippen LogP contribution in [0.1, 0.15) is 29.7 Å². The van der Waals surface area contributed by atoms with E-state index in [-0.39, 0.29) is 11.3 Å². The van der Waals surface area contributed by atoms with Crippen molar-refractivity contribution in [3.05, 3.63) is 89.0 Å². The van der Waals surface area contributed by atoms with E-state index in [0.717, 1.165) is 10.3 Å². The summed E-state index contributed by atoms with van der Waals surface area (Å²) in [7, 11) is 1.55. The second kappa shape index (κ2) is 9.47. The van der Waals surface area contributed by atoms with E-state index in [1.807, 2.05) is 44.2 Å². The Morgan fingerprint density at radius 3 is 2.56 bits per heavy atom. The fourth-order valence-electron chi connectivity index (χ4n) is 4.28. The highest BCUT2D eigenvalue weighted by Crippen LogP contribution is 2.45. The first kappa shape index (κ1) is 23.6. The number of amides is 1. The lowest BCUT2D eigenvalue weighted by Crippen LogP contribution is -2.29. The third-order valence-corrected chi connectivity index (χ3v) is 7.06. The van der Waals surface area contributed by atoms with Gasteiger partial charge in [-0.25, -0.2) is 4.98 Å². The fraction of sp³-hybridized carbons (Fsp3) is 0.179. The second-order valence-electron chi connectivity index (χ2n) is 8.37. The van der Waals surface area contributed by atoms with Crippen LogP contribution in [-0.4, -0.2) is 35.5 Å². The SMILES string of the molecule is CCOc1ccc2nc(N3C(=O)C(=O)/C(=C(/O)c4ccc(C)cc4)C3c3cccc(OC)c3)sc2c1. The minimum atomic E-state index is -0.881. The molecule has 1 aliphatic rings. The van der Waals surface area contributed by atoms with Gasteiger partial charge in [0.1, 0.15) is 17.3 Å². The molecule has 1 fully saturated rings. The maximum Gasteiger partial charge on any atom is 0.301 e. The first-order chi connectivity index (χ1) is 17.4. The van der Waals surface area contributed by atoms with Crippen LogP contribution in [0.15, 0.2) is 72.3 Å². The van der Waals surface area contributed by atoms with Gasteiger partial charge >= 0.3 is 5.91 Å². The lowest BCUT2D eigenvalue weighted by Gasteiger charge is -2.23. The summed E-state index contributed by atoms with van der Waals surface area (Å²) in [6, 6.07) is 18.9. The lowest BCUT2D eigenvalue weighted by molar-refractivity contribution is -0.132. The number of methoxy groups -OCH3 is 1. The van der Waals surface area contributed by atoms with Crippen LogP contribution in [-0.2, 0) is 9.59 Å². The number of hydrogen-bond donors (Lipinski definition) is 1. The van der Waals surface area contributed by atoms with Gasteiger partial charge < -0.3 is 14.6 Å². The number of ketones is 1. The number of carbonyl (C=O) groups excluding carboxylic acids is 2. The number of hydrogen-bond acceptors (Lipinski definition) is 7. The molecule has 4 aromatic rings. The summed E-state index contributed by atoms with van der Waals surface area (Å²) in [6.07, 6.45) is 0. The summed E-state index contributed by atoms with van der Waals surface area (Å²) in [5.41, 5.74) is 2.78. The van der Waals surface area contributed by atoms with Crippen molar-refractivity contribution in [2.45, 2.75) is 19.9 Å². The van der Waals surface area contributed by atoms with E-state index in [4.69, 9.17) is 9.47 Å². The van der Waals surface area contributed by atoms with Crippen LogP contribution in [0.4, 0.5) is 5.13 Å². The van der Waals surface area contributed by atoms with Gasteiger partial charge in [-0.1, -0.05) is 53.3 Å². The number of anilines is 1. The third kappa shape index (κ3) is 4.09. The summed E-state index contributed by atoms with van der Waals surface area (Å²) in [5.74, 6) is -0.482. The molecule has 0 spiro atoms. The Balaban J connectivity index is 1.70. The van der Waals surface area contributed by atoms with Gasteiger partial charge in [-0.05, 0) is 49.7 Å². The molecule has 0 saturated carbocycles. The standard InChI is InChI=1S/C28H24N2O5S/c1-4-35-20-12-13-21-22(15-20)36-28(29-21)30-24(18-6-5-7-19(14-18)34-3)23(26(32)27(30)33)25(31)17-10-8-16(2)9-11-17/h5-15,24,31H,4H2,1-3H3/b25-23+. The fourth-order valence-corrected chi connectivity index (χ4v) is 5.30. The van der Waals surface area contributed by atoms with E-state index >= 15 is 0 Å². The van der Waals surface area contributed by atoms with Crippen LogP contribution in [0.5, 0.6) is 11.5 Å². The van der Waals surface area contributed by atoms with Crippen molar-refractivity contribution < 1.29 is 24.2 Å². The number of nitrogens with zero attached hydrogens (tertiary/aromatic N) is 2. The number of ether oxygens (including phenoxy) is 2. The number of aliphatic hydroxyl groups is 1. The summed E-state index contributed by atoms with van der Waals surface area (Å²) in [5, 5.41) is 11.6. The van der Waals surface area contributed by atoms with Crippen molar-refractivity contribution in [2.75, 3.05) is 18.6 Å². The highest BCUT2D eigenvalue weighted by Gasteiger charge is 2.48. The van der Waals surface area contributed by atoms with Crippen LogP contribution >= 0.6 is 11.3 Å². The van der Waals surface area contributed by atoms with Crippen molar-refractivity contribution >= 4 is 44.1 Å². The molecule has 3 aromatic carbocycles. The van der Waals surface area contributed by atoms with Crippen molar-refractivity contribution in [3.8, 4) is 11.5 Å². The first-order valence-electron chi connectivity index (χ1n) is 11.5. The molecule has 0 aliphatic carbocycles. The quantitative estimate of drug-likeness (QED) is 0.209. The van der Waals surface area contributed by atoms with Crippen LogP contribution in [0.3, 0.4) is 0 Å². The van der Waals surface area contributed by atoms with Gasteiger partial charge in [-0.2, -0.15) is 0 Å². The van der Waals surface area contributed by atoms with Crippen molar-refractivity contribution in [1.82, 2.24) is 4.98 Å². The molecule has 2 heterocycles. The summed E-state index contributed by atoms with van der Waals surface area (Å²) in [6.45, 7) is 4.37. The van der Waals surface area contributed by atoms with Crippen LogP contribution in [0.2, 0.25) is 0 Å². The number of aliphatic hydroxyl groups excluding tert-OH is 1. The smallest absolute Gasteiger partial charge is 0.301 e. The summed E-state index contributed by atoms with van der Waals surface area (Å²) >= 11 is 1.29. The second-order valence-corrected chi connectivity index (χ2v) is 9.38. The summed E-state index contributed by atoms with van der Waals surface area (Å²) < 4.78 is 11.8. The van der Waals surface area contributed by atoms with Gasteiger partial charge in [-0.15, -0.1) is 0 Å². The first-order valence-corrected chi connectivity index (χ1v) is 12.3. The van der Waals surface area contributed by atoms with E-state index in [9.17, 15) is 14.7 Å². The Morgan fingerprint density at radius 2 is 1.83 bits per heavy atom. The molecule has 5 rings (SSSR count). The van der Waals surface area contributed by atoms with E-state index < -0.39 is 17.7 Å². The zero-order valence-corrected chi connectivity index (χ0v) is 20.8. The van der Waals surface area contributed by atoms with Crippen molar-refractivity contribution in [3.63, 3.8) is 0 Å². The molecule has 1 amide bonds. The molecule has 7 nitrogen and oxygen atoms in total. The molecule has 1 atom stereocenters. The molecule has 1 unspecified atom stereocenters. The average molecular weight is 501 g/mol. The van der Waals surface area contributed by atoms with E-state index in [1.165, 1.54) is 16.2 Å². The molecule has 8 heteroatoms. The number of carbonyl (C=O) groups is 2. The lowest BCUT2D eigenvalue weighted by atomic mass is 9.95. The Hall–Kier alpha value is -4.17. The largest absolute Gasteiger partial charge is 0.507 e. The molecular formula is C28H24N2O5S. The van der Waals surface area contributed by atoms with Gasteiger partial charge in [0.25, 0.3) is 5.78 Å². The van der Waals surface area contributed by atoms with E-state index in [0.29, 0.717) is 39.9 Å². The molecule has 36 heavy (non-hydrogen) atoms. The van der Waals surface area contributed by atoms with Gasteiger partial charge in [0.15, 0.2) is 5.13 Å². The normalized spacial score (nSPS) is 17.1. The average Bonchev–Trinajstić information content (AvgIpc) is 3.42. The van der Waals surface area contributed by atoms with Gasteiger partial charge in [0.05, 0.1) is 35.5 Å². The monoisotopic (exact) mass is 500 g/mol. The van der Waals surface area contributed by atoms with E-state index in [1.54, 1.807) is 43.5 Å². The molecule has 1 N–H and O–H groups in total. The Labute approximate surface area is 212 Å². The Kier molecular flexibility index (Phi) is 6.20. The minimum absolute atomic E-state index is 0.00590. The number of benzene rings is 3. The topological polar surface area (TPSA) is 89.0 Å². The number of rotatable bonds is 6. The minimum Gasteiger partial charge on any atom is -0.507 e. The predicted molar refractivity (Wildman–Crippen MR) is 140 cm³/mol. The number of thiazole rings is 1. The van der Waals surface area contributed by atoms with Crippen molar-refractivity contribution in [1.29, 1.82) is 0 Å². The highest BCUT2D eigenvalue weighted by atomic mass is 32.1. The zero-order valence-electron chi connectivity index (χ0n) is 20.0. The number of aromatic nitrogens is 1. The maximum atomic E-state index is 13.4.